The number of nitrogen functional groups attached to an aromatic ring is 1. The van der Waals surface area contributed by atoms with Crippen molar-refractivity contribution in [3.8, 4) is 10.6 Å². The number of thiazole rings is 1. The van der Waals surface area contributed by atoms with E-state index in [4.69, 9.17) is 5.73 Å². The highest BCUT2D eigenvalue weighted by Crippen LogP contribution is 2.30. The zero-order chi connectivity index (χ0) is 10.8. The highest BCUT2D eigenvalue weighted by molar-refractivity contribution is 7.13. The molecular weight excluding hydrogens is 214 g/mol. The normalized spacial score (nSPS) is 10.1. The van der Waals surface area contributed by atoms with Gasteiger partial charge in [0.15, 0.2) is 0 Å². The van der Waals surface area contributed by atoms with Crippen LogP contribution in [-0.2, 0) is 0 Å². The minimum atomic E-state index is -0.470. The van der Waals surface area contributed by atoms with Crippen LogP contribution >= 0.6 is 11.3 Å². The summed E-state index contributed by atoms with van der Waals surface area (Å²) in [6.07, 6.45) is 1.67. The van der Waals surface area contributed by atoms with E-state index < -0.39 is 4.92 Å². The molecule has 76 valence electrons. The maximum atomic E-state index is 10.5. The van der Waals surface area contributed by atoms with Gasteiger partial charge in [-0.2, -0.15) is 0 Å². The lowest BCUT2D eigenvalue weighted by atomic mass is 10.2. The number of aromatic nitrogens is 1. The smallest absolute Gasteiger partial charge is 0.271 e. The molecule has 0 aliphatic carbocycles. The van der Waals surface area contributed by atoms with Gasteiger partial charge in [0.2, 0.25) is 0 Å². The lowest BCUT2D eigenvalue weighted by Crippen LogP contribution is -1.93. The molecule has 15 heavy (non-hydrogen) atoms. The minimum absolute atomic E-state index is 0.00666. The molecule has 2 N–H and O–H groups in total. The molecule has 0 spiro atoms. The third-order valence-corrected chi connectivity index (χ3v) is 2.72. The van der Waals surface area contributed by atoms with E-state index in [2.05, 4.69) is 4.98 Å². The van der Waals surface area contributed by atoms with E-state index >= 15 is 0 Å². The van der Waals surface area contributed by atoms with Crippen LogP contribution < -0.4 is 5.73 Å². The van der Waals surface area contributed by atoms with E-state index in [1.54, 1.807) is 12.3 Å². The van der Waals surface area contributed by atoms with Crippen LogP contribution in [0.2, 0.25) is 0 Å². The van der Waals surface area contributed by atoms with Crippen LogP contribution in [0.4, 0.5) is 11.4 Å². The number of nitrogens with two attached hydrogens (primary N) is 1. The lowest BCUT2D eigenvalue weighted by Gasteiger charge is -2.01. The van der Waals surface area contributed by atoms with Gasteiger partial charge in [-0.25, -0.2) is 4.98 Å². The monoisotopic (exact) mass is 221 g/mol. The fraction of sp³-hybridized carbons (Fsp3) is 0. The van der Waals surface area contributed by atoms with E-state index in [0.29, 0.717) is 5.69 Å². The Balaban J connectivity index is 2.48. The van der Waals surface area contributed by atoms with Gasteiger partial charge in [0.1, 0.15) is 5.01 Å². The molecule has 0 unspecified atom stereocenters. The first-order chi connectivity index (χ1) is 7.18. The summed E-state index contributed by atoms with van der Waals surface area (Å²) in [5.41, 5.74) is 6.81. The Hall–Kier alpha value is -1.95. The van der Waals surface area contributed by atoms with Gasteiger partial charge in [0.25, 0.3) is 5.69 Å². The second kappa shape index (κ2) is 3.66. The van der Waals surface area contributed by atoms with Crippen LogP contribution in [0.15, 0.2) is 29.8 Å². The predicted octanol–water partition coefficient (Wildman–Crippen LogP) is 2.30. The Morgan fingerprint density at radius 2 is 2.27 bits per heavy atom. The molecule has 0 saturated carbocycles. The first-order valence-corrected chi connectivity index (χ1v) is 5.00. The quantitative estimate of drug-likeness (QED) is 0.479. The van der Waals surface area contributed by atoms with E-state index in [1.807, 2.05) is 5.38 Å². The number of benzene rings is 1. The Morgan fingerprint density at radius 1 is 1.47 bits per heavy atom. The standard InChI is InChI=1S/C9H7N3O2S/c10-8-5-6(12(13)14)1-2-7(8)9-11-3-4-15-9/h1-5H,10H2. The summed E-state index contributed by atoms with van der Waals surface area (Å²) in [5, 5.41) is 13.1. The molecule has 1 heterocycles. The second-order valence-electron chi connectivity index (χ2n) is 2.87. The third kappa shape index (κ3) is 1.79. The highest BCUT2D eigenvalue weighted by Gasteiger charge is 2.10. The molecule has 5 nitrogen and oxygen atoms in total. The molecule has 0 atom stereocenters. The molecule has 2 rings (SSSR count). The highest BCUT2D eigenvalue weighted by atomic mass is 32.1. The van der Waals surface area contributed by atoms with Gasteiger partial charge >= 0.3 is 0 Å². The van der Waals surface area contributed by atoms with E-state index in [0.717, 1.165) is 10.6 Å². The number of nitro groups is 1. The SMILES string of the molecule is Nc1cc([N+](=O)[O-])ccc1-c1nccs1. The molecule has 0 aliphatic heterocycles. The van der Waals surface area contributed by atoms with E-state index in [9.17, 15) is 10.1 Å². The largest absolute Gasteiger partial charge is 0.398 e. The molecule has 6 heteroatoms. The number of anilines is 1. The topological polar surface area (TPSA) is 82.0 Å². The van der Waals surface area contributed by atoms with Gasteiger partial charge in [-0.1, -0.05) is 0 Å². The Labute approximate surface area is 89.3 Å². The van der Waals surface area contributed by atoms with Gasteiger partial charge in [-0.3, -0.25) is 10.1 Å². The predicted molar refractivity (Wildman–Crippen MR) is 58.6 cm³/mol. The van der Waals surface area contributed by atoms with Crippen LogP contribution in [0, 0.1) is 10.1 Å². The third-order valence-electron chi connectivity index (χ3n) is 1.91. The average molecular weight is 221 g/mol. The minimum Gasteiger partial charge on any atom is -0.398 e. The number of rotatable bonds is 2. The fourth-order valence-corrected chi connectivity index (χ4v) is 1.90. The van der Waals surface area contributed by atoms with Crippen molar-refractivity contribution in [2.45, 2.75) is 0 Å². The van der Waals surface area contributed by atoms with E-state index in [-0.39, 0.29) is 5.69 Å². The Bertz CT molecular complexity index is 496. The van der Waals surface area contributed by atoms with Crippen molar-refractivity contribution < 1.29 is 4.92 Å². The molecule has 2 aromatic rings. The molecule has 0 saturated heterocycles. The molecule has 0 radical (unpaired) electrons. The summed E-state index contributed by atoms with van der Waals surface area (Å²) in [4.78, 5) is 14.1. The molecule has 0 aliphatic rings. The molecule has 1 aromatic heterocycles. The fourth-order valence-electron chi connectivity index (χ4n) is 1.21. The molecule has 1 aromatic carbocycles. The first-order valence-electron chi connectivity index (χ1n) is 4.12. The van der Waals surface area contributed by atoms with Crippen LogP contribution in [0.3, 0.4) is 0 Å². The van der Waals surface area contributed by atoms with Crippen molar-refractivity contribution in [1.29, 1.82) is 0 Å². The van der Waals surface area contributed by atoms with Gasteiger partial charge in [-0.05, 0) is 6.07 Å². The number of hydrogen-bond acceptors (Lipinski definition) is 5. The maximum absolute atomic E-state index is 10.5. The van der Waals surface area contributed by atoms with Crippen molar-refractivity contribution in [3.05, 3.63) is 39.9 Å². The summed E-state index contributed by atoms with van der Waals surface area (Å²) in [7, 11) is 0. The summed E-state index contributed by atoms with van der Waals surface area (Å²) >= 11 is 1.44. The number of nitro benzene ring substituents is 1. The Morgan fingerprint density at radius 3 is 2.80 bits per heavy atom. The molecular formula is C9H7N3O2S. The van der Waals surface area contributed by atoms with Gasteiger partial charge < -0.3 is 5.73 Å². The van der Waals surface area contributed by atoms with E-state index in [1.165, 1.54) is 23.5 Å². The first kappa shape index (κ1) is 9.60. The van der Waals surface area contributed by atoms with Crippen LogP contribution in [0.5, 0.6) is 0 Å². The zero-order valence-corrected chi connectivity index (χ0v) is 8.40. The van der Waals surface area contributed by atoms with Crippen LogP contribution in [0.25, 0.3) is 10.6 Å². The Kier molecular flexibility index (Phi) is 2.34. The maximum Gasteiger partial charge on any atom is 0.271 e. The summed E-state index contributed by atoms with van der Waals surface area (Å²) in [6, 6.07) is 4.39. The average Bonchev–Trinajstić information content (AvgIpc) is 2.70. The van der Waals surface area contributed by atoms with Crippen molar-refractivity contribution >= 4 is 22.7 Å². The second-order valence-corrected chi connectivity index (χ2v) is 3.76. The molecule has 0 amide bonds. The van der Waals surface area contributed by atoms with Crippen molar-refractivity contribution in [1.82, 2.24) is 4.98 Å². The lowest BCUT2D eigenvalue weighted by molar-refractivity contribution is -0.384. The van der Waals surface area contributed by atoms with Crippen molar-refractivity contribution in [3.63, 3.8) is 0 Å². The summed E-state index contributed by atoms with van der Waals surface area (Å²) in [6.45, 7) is 0. The number of hydrogen-bond donors (Lipinski definition) is 1. The van der Waals surface area contributed by atoms with Gasteiger partial charge in [-0.15, -0.1) is 11.3 Å². The summed E-state index contributed by atoms with van der Waals surface area (Å²) < 4.78 is 0. The van der Waals surface area contributed by atoms with Gasteiger partial charge in [0, 0.05) is 35.0 Å². The number of non-ortho nitro benzene ring substituents is 1. The van der Waals surface area contributed by atoms with Gasteiger partial charge in [0.05, 0.1) is 4.92 Å². The van der Waals surface area contributed by atoms with Crippen molar-refractivity contribution in [2.75, 3.05) is 5.73 Å². The van der Waals surface area contributed by atoms with Crippen LogP contribution in [0.1, 0.15) is 0 Å². The zero-order valence-electron chi connectivity index (χ0n) is 7.58. The number of nitrogens with zero attached hydrogens (tertiary/aromatic N) is 2. The van der Waals surface area contributed by atoms with Crippen molar-refractivity contribution in [2.24, 2.45) is 0 Å². The van der Waals surface area contributed by atoms with Crippen LogP contribution in [-0.4, -0.2) is 9.91 Å². The molecule has 0 bridgehead atoms. The molecule has 0 fully saturated rings. The summed E-state index contributed by atoms with van der Waals surface area (Å²) in [5.74, 6) is 0.